The van der Waals surface area contributed by atoms with Crippen LogP contribution in [0, 0.1) is 0 Å². The lowest BCUT2D eigenvalue weighted by Crippen LogP contribution is -2.37. The van der Waals surface area contributed by atoms with Crippen LogP contribution < -0.4 is 0 Å². The lowest BCUT2D eigenvalue weighted by atomic mass is 10.1. The van der Waals surface area contributed by atoms with Gasteiger partial charge in [0, 0.05) is 25.0 Å². The molecule has 2 heterocycles. The van der Waals surface area contributed by atoms with Gasteiger partial charge in [-0.05, 0) is 26.3 Å². The molecule has 1 fully saturated rings. The number of aryl methyl sites for hydroxylation is 1. The number of aromatic nitrogens is 2. The van der Waals surface area contributed by atoms with Crippen LogP contribution in [0.5, 0.6) is 0 Å². The minimum Gasteiger partial charge on any atom is -0.395 e. The number of imidazole rings is 1. The minimum absolute atomic E-state index is 0.271. The maximum absolute atomic E-state index is 9.47. The van der Waals surface area contributed by atoms with Gasteiger partial charge in [0.2, 0.25) is 0 Å². The number of nitrogens with zero attached hydrogens (tertiary/aromatic N) is 3. The van der Waals surface area contributed by atoms with Crippen molar-refractivity contribution >= 4 is 0 Å². The third-order valence-corrected chi connectivity index (χ3v) is 3.70. The standard InChI is InChI=1S/C13H23N3O/c1-2-15-9-7-14-13(15)10-16-8-5-3-4-6-12(16)11-17/h7,9,12,17H,2-6,8,10-11H2,1H3. The van der Waals surface area contributed by atoms with Crippen LogP contribution in [0.3, 0.4) is 0 Å². The van der Waals surface area contributed by atoms with Crippen molar-refractivity contribution in [3.05, 3.63) is 18.2 Å². The van der Waals surface area contributed by atoms with Gasteiger partial charge >= 0.3 is 0 Å². The Morgan fingerprint density at radius 2 is 2.29 bits per heavy atom. The topological polar surface area (TPSA) is 41.3 Å². The summed E-state index contributed by atoms with van der Waals surface area (Å²) >= 11 is 0. The number of hydrogen-bond donors (Lipinski definition) is 1. The average molecular weight is 237 g/mol. The van der Waals surface area contributed by atoms with Crippen molar-refractivity contribution in [3.8, 4) is 0 Å². The average Bonchev–Trinajstić information content (AvgIpc) is 2.67. The van der Waals surface area contributed by atoms with E-state index < -0.39 is 0 Å². The van der Waals surface area contributed by atoms with Gasteiger partial charge in [-0.3, -0.25) is 4.90 Å². The van der Waals surface area contributed by atoms with Crippen LogP contribution in [0.25, 0.3) is 0 Å². The van der Waals surface area contributed by atoms with Gasteiger partial charge in [-0.25, -0.2) is 4.98 Å². The smallest absolute Gasteiger partial charge is 0.122 e. The quantitative estimate of drug-likeness (QED) is 0.865. The van der Waals surface area contributed by atoms with Crippen molar-refractivity contribution < 1.29 is 5.11 Å². The number of likely N-dealkylation sites (tertiary alicyclic amines) is 1. The molecule has 1 aromatic rings. The van der Waals surface area contributed by atoms with Gasteiger partial charge in [-0.15, -0.1) is 0 Å². The van der Waals surface area contributed by atoms with E-state index in [0.717, 1.165) is 31.9 Å². The second kappa shape index (κ2) is 6.17. The second-order valence-electron chi connectivity index (χ2n) is 4.79. The van der Waals surface area contributed by atoms with E-state index >= 15 is 0 Å². The molecule has 1 unspecified atom stereocenters. The summed E-state index contributed by atoms with van der Waals surface area (Å²) in [6.07, 6.45) is 8.78. The van der Waals surface area contributed by atoms with Crippen molar-refractivity contribution in [2.75, 3.05) is 13.2 Å². The van der Waals surface area contributed by atoms with Gasteiger partial charge in [-0.1, -0.05) is 12.8 Å². The molecule has 4 nitrogen and oxygen atoms in total. The molecule has 0 aromatic carbocycles. The monoisotopic (exact) mass is 237 g/mol. The zero-order valence-electron chi connectivity index (χ0n) is 10.7. The van der Waals surface area contributed by atoms with Gasteiger partial charge in [0.1, 0.15) is 5.82 Å². The molecule has 4 heteroatoms. The fraction of sp³-hybridized carbons (Fsp3) is 0.769. The van der Waals surface area contributed by atoms with Gasteiger partial charge in [0.25, 0.3) is 0 Å². The molecule has 0 bridgehead atoms. The van der Waals surface area contributed by atoms with Crippen LogP contribution in [0.2, 0.25) is 0 Å². The van der Waals surface area contributed by atoms with E-state index in [1.54, 1.807) is 0 Å². The fourth-order valence-electron chi connectivity index (χ4n) is 2.61. The Bertz CT molecular complexity index is 337. The first-order valence-electron chi connectivity index (χ1n) is 6.70. The van der Waals surface area contributed by atoms with E-state index in [4.69, 9.17) is 0 Å². The Hall–Kier alpha value is -0.870. The summed E-state index contributed by atoms with van der Waals surface area (Å²) in [4.78, 5) is 6.81. The first-order chi connectivity index (χ1) is 8.35. The van der Waals surface area contributed by atoms with Crippen LogP contribution in [-0.2, 0) is 13.1 Å². The molecule has 1 saturated heterocycles. The number of aliphatic hydroxyl groups excluding tert-OH is 1. The third-order valence-electron chi connectivity index (χ3n) is 3.70. The molecule has 17 heavy (non-hydrogen) atoms. The normalized spacial score (nSPS) is 22.6. The Morgan fingerprint density at radius 3 is 3.06 bits per heavy atom. The van der Waals surface area contributed by atoms with Crippen LogP contribution in [0.4, 0.5) is 0 Å². The minimum atomic E-state index is 0.271. The molecule has 0 radical (unpaired) electrons. The summed E-state index contributed by atoms with van der Waals surface area (Å²) in [5, 5.41) is 9.47. The van der Waals surface area contributed by atoms with Gasteiger partial charge in [0.05, 0.1) is 13.2 Å². The van der Waals surface area contributed by atoms with E-state index in [1.807, 2.05) is 12.4 Å². The van der Waals surface area contributed by atoms with Gasteiger partial charge in [-0.2, -0.15) is 0 Å². The SMILES string of the molecule is CCn1ccnc1CN1CCCCCC1CO. The molecule has 2 rings (SSSR count). The molecular formula is C13H23N3O. The molecule has 0 aliphatic carbocycles. The lowest BCUT2D eigenvalue weighted by Gasteiger charge is -2.28. The molecule has 1 aliphatic rings. The Balaban J connectivity index is 2.04. The van der Waals surface area contributed by atoms with Crippen molar-refractivity contribution in [1.29, 1.82) is 0 Å². The lowest BCUT2D eigenvalue weighted by molar-refractivity contribution is 0.115. The van der Waals surface area contributed by atoms with E-state index in [2.05, 4.69) is 21.4 Å². The van der Waals surface area contributed by atoms with E-state index in [1.165, 1.54) is 19.3 Å². The van der Waals surface area contributed by atoms with Crippen molar-refractivity contribution in [3.63, 3.8) is 0 Å². The first-order valence-corrected chi connectivity index (χ1v) is 6.70. The highest BCUT2D eigenvalue weighted by molar-refractivity contribution is 4.93. The molecule has 1 N–H and O–H groups in total. The molecule has 1 aliphatic heterocycles. The number of hydrogen-bond acceptors (Lipinski definition) is 3. The van der Waals surface area contributed by atoms with Crippen LogP contribution in [-0.4, -0.2) is 38.8 Å². The molecule has 0 spiro atoms. The van der Waals surface area contributed by atoms with E-state index in [0.29, 0.717) is 6.04 Å². The second-order valence-corrected chi connectivity index (χ2v) is 4.79. The summed E-state index contributed by atoms with van der Waals surface area (Å²) in [6.45, 7) is 5.32. The molecular weight excluding hydrogens is 214 g/mol. The summed E-state index contributed by atoms with van der Waals surface area (Å²) in [7, 11) is 0. The van der Waals surface area contributed by atoms with Crippen molar-refractivity contribution in [2.45, 2.75) is 51.7 Å². The molecule has 1 aromatic heterocycles. The van der Waals surface area contributed by atoms with Gasteiger partial charge in [0.15, 0.2) is 0 Å². The summed E-state index contributed by atoms with van der Waals surface area (Å²) in [6, 6.07) is 0.319. The molecule has 1 atom stereocenters. The Kier molecular flexibility index (Phi) is 4.57. The van der Waals surface area contributed by atoms with Crippen LogP contribution in [0.1, 0.15) is 38.4 Å². The number of aliphatic hydroxyl groups is 1. The van der Waals surface area contributed by atoms with Crippen LogP contribution in [0.15, 0.2) is 12.4 Å². The van der Waals surface area contributed by atoms with Crippen molar-refractivity contribution in [2.24, 2.45) is 0 Å². The maximum atomic E-state index is 9.47. The predicted molar refractivity (Wildman–Crippen MR) is 67.7 cm³/mol. The first kappa shape index (κ1) is 12.6. The molecule has 0 amide bonds. The molecule has 0 saturated carbocycles. The van der Waals surface area contributed by atoms with Crippen molar-refractivity contribution in [1.82, 2.24) is 14.5 Å². The van der Waals surface area contributed by atoms with Crippen LogP contribution >= 0.6 is 0 Å². The van der Waals surface area contributed by atoms with E-state index in [-0.39, 0.29) is 6.61 Å². The fourth-order valence-corrected chi connectivity index (χ4v) is 2.61. The summed E-state index contributed by atoms with van der Waals surface area (Å²) in [5.41, 5.74) is 0. The summed E-state index contributed by atoms with van der Waals surface area (Å²) in [5.74, 6) is 1.12. The largest absolute Gasteiger partial charge is 0.395 e. The molecule has 96 valence electrons. The highest BCUT2D eigenvalue weighted by Crippen LogP contribution is 2.18. The zero-order valence-corrected chi connectivity index (χ0v) is 10.7. The van der Waals surface area contributed by atoms with Gasteiger partial charge < -0.3 is 9.67 Å². The highest BCUT2D eigenvalue weighted by Gasteiger charge is 2.21. The Morgan fingerprint density at radius 1 is 1.41 bits per heavy atom. The number of rotatable bonds is 4. The Labute approximate surface area is 103 Å². The highest BCUT2D eigenvalue weighted by atomic mass is 16.3. The van der Waals surface area contributed by atoms with E-state index in [9.17, 15) is 5.11 Å². The maximum Gasteiger partial charge on any atom is 0.122 e. The predicted octanol–water partition coefficient (Wildman–Crippen LogP) is 1.64. The third kappa shape index (κ3) is 3.07. The zero-order chi connectivity index (χ0) is 12.1. The summed E-state index contributed by atoms with van der Waals surface area (Å²) < 4.78 is 2.18.